The summed E-state index contributed by atoms with van der Waals surface area (Å²) in [6.45, 7) is 8.05. The van der Waals surface area contributed by atoms with E-state index in [1.807, 2.05) is 24.3 Å². The van der Waals surface area contributed by atoms with Crippen molar-refractivity contribution in [3.05, 3.63) is 64.7 Å². The topological polar surface area (TPSA) is 35.6 Å². The normalized spacial score (nSPS) is 14.9. The lowest BCUT2D eigenvalue weighted by Gasteiger charge is -2.36. The van der Waals surface area contributed by atoms with Gasteiger partial charge in [0.1, 0.15) is 0 Å². The Morgan fingerprint density at radius 1 is 1.00 bits per heavy atom. The van der Waals surface area contributed by atoms with Gasteiger partial charge < -0.3 is 10.2 Å². The first-order valence-corrected chi connectivity index (χ1v) is 10.6. The lowest BCUT2D eigenvalue weighted by atomic mass is 10.1. The molecule has 1 fully saturated rings. The van der Waals surface area contributed by atoms with Crippen molar-refractivity contribution in [3.8, 4) is 0 Å². The van der Waals surface area contributed by atoms with Crippen molar-refractivity contribution in [1.82, 2.24) is 10.2 Å². The number of aryl methyl sites for hydroxylation is 1. The molecule has 2 aromatic rings. The molecule has 0 bridgehead atoms. The first-order chi connectivity index (χ1) is 13.7. The minimum absolute atomic E-state index is 0.0237. The maximum Gasteiger partial charge on any atom is 0.251 e. The van der Waals surface area contributed by atoms with E-state index >= 15 is 0 Å². The summed E-state index contributed by atoms with van der Waals surface area (Å²) in [6, 6.07) is 16.0. The molecule has 150 valence electrons. The Labute approximate surface area is 173 Å². The average molecular weight is 400 g/mol. The molecule has 4 nitrogen and oxygen atoms in total. The van der Waals surface area contributed by atoms with Gasteiger partial charge in [0.2, 0.25) is 0 Å². The highest BCUT2D eigenvalue weighted by Crippen LogP contribution is 2.19. The molecule has 1 saturated heterocycles. The largest absolute Gasteiger partial charge is 0.369 e. The van der Waals surface area contributed by atoms with Crippen molar-refractivity contribution in [1.29, 1.82) is 0 Å². The van der Waals surface area contributed by atoms with E-state index in [2.05, 4.69) is 46.3 Å². The average Bonchev–Trinajstić information content (AvgIpc) is 2.73. The van der Waals surface area contributed by atoms with Gasteiger partial charge in [-0.25, -0.2) is 0 Å². The Kier molecular flexibility index (Phi) is 7.75. The summed E-state index contributed by atoms with van der Waals surface area (Å²) in [4.78, 5) is 17.1. The molecule has 1 N–H and O–H groups in total. The molecule has 1 aliphatic heterocycles. The summed E-state index contributed by atoms with van der Waals surface area (Å²) in [5.41, 5.74) is 3.27. The van der Waals surface area contributed by atoms with Crippen LogP contribution in [0.4, 0.5) is 5.69 Å². The number of nitrogens with zero attached hydrogens (tertiary/aromatic N) is 2. The van der Waals surface area contributed by atoms with Crippen LogP contribution in [0.2, 0.25) is 5.02 Å². The smallest absolute Gasteiger partial charge is 0.251 e. The Morgan fingerprint density at radius 2 is 1.68 bits per heavy atom. The standard InChI is InChI=1S/C23H30ClN3O/c1-2-4-19-5-7-20(8-6-19)23(28)25-13-3-14-26-15-17-27(18-16-26)22-11-9-21(24)10-12-22/h5-12H,2-4,13-18H2,1H3,(H,25,28). The molecule has 28 heavy (non-hydrogen) atoms. The zero-order valence-corrected chi connectivity index (χ0v) is 17.4. The Bertz CT molecular complexity index is 737. The second kappa shape index (κ2) is 10.5. The zero-order valence-electron chi connectivity index (χ0n) is 16.7. The number of carbonyl (C=O) groups excluding carboxylic acids is 1. The summed E-state index contributed by atoms with van der Waals surface area (Å²) < 4.78 is 0. The van der Waals surface area contributed by atoms with Gasteiger partial charge in [-0.1, -0.05) is 37.1 Å². The van der Waals surface area contributed by atoms with Crippen molar-refractivity contribution in [2.75, 3.05) is 44.2 Å². The van der Waals surface area contributed by atoms with E-state index in [4.69, 9.17) is 11.6 Å². The number of hydrogen-bond acceptors (Lipinski definition) is 3. The Balaban J connectivity index is 1.33. The molecule has 0 aromatic heterocycles. The van der Waals surface area contributed by atoms with Crippen molar-refractivity contribution in [2.45, 2.75) is 26.2 Å². The van der Waals surface area contributed by atoms with E-state index < -0.39 is 0 Å². The molecule has 1 heterocycles. The Hall–Kier alpha value is -2.04. The highest BCUT2D eigenvalue weighted by atomic mass is 35.5. The van der Waals surface area contributed by atoms with Gasteiger partial charge in [-0.2, -0.15) is 0 Å². The molecule has 0 aliphatic carbocycles. The quantitative estimate of drug-likeness (QED) is 0.674. The second-order valence-corrected chi connectivity index (χ2v) is 7.80. The fraction of sp³-hybridized carbons (Fsp3) is 0.435. The minimum Gasteiger partial charge on any atom is -0.369 e. The number of hydrogen-bond donors (Lipinski definition) is 1. The van der Waals surface area contributed by atoms with Gasteiger partial charge in [0.15, 0.2) is 0 Å². The monoisotopic (exact) mass is 399 g/mol. The van der Waals surface area contributed by atoms with Crippen molar-refractivity contribution in [3.63, 3.8) is 0 Å². The van der Waals surface area contributed by atoms with Crippen molar-refractivity contribution >= 4 is 23.2 Å². The molecule has 0 radical (unpaired) electrons. The van der Waals surface area contributed by atoms with Crippen LogP contribution in [0.3, 0.4) is 0 Å². The van der Waals surface area contributed by atoms with Gasteiger partial charge in [0.25, 0.3) is 5.91 Å². The zero-order chi connectivity index (χ0) is 19.8. The summed E-state index contributed by atoms with van der Waals surface area (Å²) in [7, 11) is 0. The SMILES string of the molecule is CCCc1ccc(C(=O)NCCCN2CCN(c3ccc(Cl)cc3)CC2)cc1. The van der Waals surface area contributed by atoms with Crippen LogP contribution in [0.1, 0.15) is 35.7 Å². The number of anilines is 1. The molecule has 5 heteroatoms. The summed E-state index contributed by atoms with van der Waals surface area (Å²) in [6.07, 6.45) is 3.16. The van der Waals surface area contributed by atoms with Gasteiger partial charge in [0.05, 0.1) is 0 Å². The van der Waals surface area contributed by atoms with Crippen LogP contribution in [-0.4, -0.2) is 50.1 Å². The molecule has 1 amide bonds. The molecule has 0 unspecified atom stereocenters. The van der Waals surface area contributed by atoms with E-state index in [0.717, 1.165) is 62.6 Å². The molecule has 0 spiro atoms. The molecule has 0 saturated carbocycles. The van der Waals surface area contributed by atoms with Crippen LogP contribution >= 0.6 is 11.6 Å². The van der Waals surface area contributed by atoms with Gasteiger partial charge in [-0.3, -0.25) is 9.69 Å². The van der Waals surface area contributed by atoms with E-state index in [1.54, 1.807) is 0 Å². The third-order valence-corrected chi connectivity index (χ3v) is 5.51. The third kappa shape index (κ3) is 5.98. The lowest BCUT2D eigenvalue weighted by Crippen LogP contribution is -2.47. The lowest BCUT2D eigenvalue weighted by molar-refractivity contribution is 0.0951. The van der Waals surface area contributed by atoms with Crippen LogP contribution in [0.15, 0.2) is 48.5 Å². The molecular formula is C23H30ClN3O. The van der Waals surface area contributed by atoms with E-state index in [1.165, 1.54) is 11.3 Å². The van der Waals surface area contributed by atoms with Gasteiger partial charge in [-0.05, 0) is 61.3 Å². The van der Waals surface area contributed by atoms with Crippen LogP contribution in [0, 0.1) is 0 Å². The predicted molar refractivity (Wildman–Crippen MR) is 117 cm³/mol. The van der Waals surface area contributed by atoms with Crippen LogP contribution < -0.4 is 10.2 Å². The summed E-state index contributed by atoms with van der Waals surface area (Å²) in [5, 5.41) is 3.82. The van der Waals surface area contributed by atoms with Gasteiger partial charge >= 0.3 is 0 Å². The summed E-state index contributed by atoms with van der Waals surface area (Å²) in [5.74, 6) is 0.0237. The maximum absolute atomic E-state index is 12.2. The number of carbonyl (C=O) groups is 1. The second-order valence-electron chi connectivity index (χ2n) is 7.36. The van der Waals surface area contributed by atoms with Gasteiger partial charge in [0, 0.05) is 49.0 Å². The predicted octanol–water partition coefficient (Wildman–Crippen LogP) is 4.23. The fourth-order valence-corrected chi connectivity index (χ4v) is 3.73. The highest BCUT2D eigenvalue weighted by Gasteiger charge is 2.16. The van der Waals surface area contributed by atoms with Crippen LogP contribution in [-0.2, 0) is 6.42 Å². The number of amides is 1. The van der Waals surface area contributed by atoms with E-state index in [-0.39, 0.29) is 5.91 Å². The third-order valence-electron chi connectivity index (χ3n) is 5.26. The molecule has 1 aliphatic rings. The summed E-state index contributed by atoms with van der Waals surface area (Å²) >= 11 is 5.97. The molecule has 2 aromatic carbocycles. The Morgan fingerprint density at radius 3 is 2.32 bits per heavy atom. The molecule has 0 atom stereocenters. The van der Waals surface area contributed by atoms with E-state index in [0.29, 0.717) is 6.54 Å². The maximum atomic E-state index is 12.2. The van der Waals surface area contributed by atoms with Crippen LogP contribution in [0.25, 0.3) is 0 Å². The number of rotatable bonds is 8. The van der Waals surface area contributed by atoms with Crippen molar-refractivity contribution in [2.24, 2.45) is 0 Å². The number of nitrogens with one attached hydrogen (secondary N) is 1. The highest BCUT2D eigenvalue weighted by molar-refractivity contribution is 6.30. The van der Waals surface area contributed by atoms with Gasteiger partial charge in [-0.15, -0.1) is 0 Å². The molecule has 3 rings (SSSR count). The number of halogens is 1. The molecular weight excluding hydrogens is 370 g/mol. The van der Waals surface area contributed by atoms with Crippen molar-refractivity contribution < 1.29 is 4.79 Å². The van der Waals surface area contributed by atoms with Crippen LogP contribution in [0.5, 0.6) is 0 Å². The van der Waals surface area contributed by atoms with E-state index in [9.17, 15) is 4.79 Å². The number of piperazine rings is 1. The minimum atomic E-state index is 0.0237. The first kappa shape index (κ1) is 20.7. The fourth-order valence-electron chi connectivity index (χ4n) is 3.60. The number of benzene rings is 2. The first-order valence-electron chi connectivity index (χ1n) is 10.3.